The van der Waals surface area contributed by atoms with Crippen LogP contribution in [0.5, 0.6) is 0 Å². The van der Waals surface area contributed by atoms with E-state index in [9.17, 15) is 0 Å². The summed E-state index contributed by atoms with van der Waals surface area (Å²) in [7, 11) is 0. The Morgan fingerprint density at radius 2 is 0.514 bits per heavy atom. The minimum atomic E-state index is -0.222. The number of hydrogen-bond donors (Lipinski definition) is 0. The second-order valence-electron chi connectivity index (χ2n) is 21.1. The quantitative estimate of drug-likeness (QED) is 0.107. The highest BCUT2D eigenvalue weighted by atomic mass is 15.1. The highest BCUT2D eigenvalue weighted by Gasteiger charge is 2.42. The zero-order valence-electron chi connectivity index (χ0n) is 44.3. The van der Waals surface area contributed by atoms with E-state index in [1.165, 1.54) is 134 Å². The Labute approximate surface area is 420 Å². The van der Waals surface area contributed by atoms with Gasteiger partial charge in [0.25, 0.3) is 0 Å². The summed E-state index contributed by atoms with van der Waals surface area (Å²) in [5.74, 6) is 0. The van der Waals surface area contributed by atoms with E-state index in [4.69, 9.17) is 0 Å². The molecule has 0 N–H and O–H groups in total. The van der Waals surface area contributed by atoms with Crippen LogP contribution < -0.4 is 9.80 Å². The predicted octanol–water partition coefficient (Wildman–Crippen LogP) is 18.9. The molecule has 0 saturated carbocycles. The van der Waals surface area contributed by atoms with Gasteiger partial charge < -0.3 is 9.80 Å². The van der Waals surface area contributed by atoms with Crippen molar-refractivity contribution in [2.24, 2.45) is 0 Å². The monoisotopic (exact) mass is 919 g/mol. The van der Waals surface area contributed by atoms with Crippen LogP contribution in [0.15, 0.2) is 133 Å². The van der Waals surface area contributed by atoms with Gasteiger partial charge in [0, 0.05) is 45.0 Å². The number of nitrogens with zero attached hydrogens (tertiary/aromatic N) is 2. The number of benzene rings is 8. The topological polar surface area (TPSA) is 6.48 Å². The molecule has 2 aliphatic carbocycles. The minimum Gasteiger partial charge on any atom is -0.310 e. The smallest absolute Gasteiger partial charge is 0.0465 e. The Kier molecular flexibility index (Phi) is 12.4. The molecule has 0 heterocycles. The van der Waals surface area contributed by atoms with Crippen LogP contribution in [0, 0.1) is 0 Å². The van der Waals surface area contributed by atoms with Crippen molar-refractivity contribution in [2.75, 3.05) is 9.80 Å². The van der Waals surface area contributed by atoms with E-state index < -0.39 is 0 Å². The maximum Gasteiger partial charge on any atom is 0.0465 e. The molecular weight excluding hydrogens is 845 g/mol. The normalized spacial score (nSPS) is 13.8. The van der Waals surface area contributed by atoms with E-state index in [2.05, 4.69) is 226 Å². The van der Waals surface area contributed by atoms with Crippen LogP contribution in [0.2, 0.25) is 0 Å². The zero-order chi connectivity index (χ0) is 49.2. The number of aryl methyl sites for hydroxylation is 8. The third-order valence-corrected chi connectivity index (χ3v) is 16.7. The lowest BCUT2D eigenvalue weighted by Gasteiger charge is -2.30. The first-order valence-corrected chi connectivity index (χ1v) is 26.8. The molecule has 0 aliphatic heterocycles. The summed E-state index contributed by atoms with van der Waals surface area (Å²) < 4.78 is 0. The molecule has 2 heteroatoms. The number of hydrogen-bond acceptors (Lipinski definition) is 2. The van der Waals surface area contributed by atoms with E-state index in [0.717, 1.165) is 51.4 Å². The molecular formula is C68H74N2. The standard InChI is InChI=1S/C68H74N2/c1-13-43-21-25-51(37-47(43)17-5)69(52-26-22-44(14-2)48(18-6)38-52)55-29-31-57-59-33-35-62-61(65(59)67(9,10)63(57)41-55)36-34-60-58-32-30-56(42-64(58)68(11,12)66(60)62)70(53-27-23-45(15-3)49(19-7)39-53)54-28-24-46(16-4)50(20-8)40-54/h21-42H,13-20H2,1-12H3. The average molecular weight is 919 g/mol. The molecule has 8 aromatic carbocycles. The number of fused-ring (bicyclic) bond motifs is 9. The van der Waals surface area contributed by atoms with E-state index in [1.807, 2.05) is 0 Å². The van der Waals surface area contributed by atoms with Crippen molar-refractivity contribution in [1.29, 1.82) is 0 Å². The molecule has 2 nitrogen and oxygen atoms in total. The molecule has 0 aromatic heterocycles. The van der Waals surface area contributed by atoms with Crippen LogP contribution in [0.25, 0.3) is 33.0 Å². The molecule has 0 atom stereocenters. The van der Waals surface area contributed by atoms with Gasteiger partial charge in [-0.15, -0.1) is 0 Å². The molecule has 356 valence electrons. The van der Waals surface area contributed by atoms with Crippen molar-refractivity contribution in [3.05, 3.63) is 200 Å². The van der Waals surface area contributed by atoms with Crippen molar-refractivity contribution in [3.8, 4) is 22.3 Å². The first-order chi connectivity index (χ1) is 33.8. The van der Waals surface area contributed by atoms with E-state index >= 15 is 0 Å². The van der Waals surface area contributed by atoms with Crippen LogP contribution in [0.1, 0.15) is 150 Å². The first kappa shape index (κ1) is 47.3. The first-order valence-electron chi connectivity index (χ1n) is 26.8. The Hall–Kier alpha value is -6.38. The predicted molar refractivity (Wildman–Crippen MR) is 303 cm³/mol. The maximum atomic E-state index is 2.52. The van der Waals surface area contributed by atoms with Gasteiger partial charge in [-0.2, -0.15) is 0 Å². The third-order valence-electron chi connectivity index (χ3n) is 16.7. The summed E-state index contributed by atoms with van der Waals surface area (Å²) in [6.45, 7) is 28.1. The van der Waals surface area contributed by atoms with Crippen molar-refractivity contribution in [3.63, 3.8) is 0 Å². The SMILES string of the molecule is CCc1ccc(N(c2ccc(CC)c(CC)c2)c2ccc3c(c2)C(C)(C)c2c-3ccc3c4c(ccc23)-c2ccc(N(c3ccc(CC)c(CC)c3)c3ccc(CC)c(CC)c3)cc2C4(C)C)cc1CC. The van der Waals surface area contributed by atoms with Gasteiger partial charge in [0.2, 0.25) is 0 Å². The number of anilines is 6. The Balaban J connectivity index is 1.08. The summed E-state index contributed by atoms with van der Waals surface area (Å²) in [5.41, 5.74) is 29.4. The van der Waals surface area contributed by atoms with Crippen LogP contribution in [0.4, 0.5) is 34.1 Å². The summed E-state index contributed by atoms with van der Waals surface area (Å²) in [6, 6.07) is 53.0. The molecule has 0 radical (unpaired) electrons. The molecule has 0 fully saturated rings. The van der Waals surface area contributed by atoms with E-state index in [-0.39, 0.29) is 10.8 Å². The van der Waals surface area contributed by atoms with Crippen molar-refractivity contribution >= 4 is 44.9 Å². The lowest BCUT2D eigenvalue weighted by atomic mass is 9.76. The summed E-state index contributed by atoms with van der Waals surface area (Å²) in [6.07, 6.45) is 8.25. The van der Waals surface area contributed by atoms with Gasteiger partial charge >= 0.3 is 0 Å². The maximum absolute atomic E-state index is 2.52. The fraction of sp³-hybridized carbons (Fsp3) is 0.324. The van der Waals surface area contributed by atoms with Gasteiger partial charge in [-0.3, -0.25) is 0 Å². The molecule has 10 rings (SSSR count). The summed E-state index contributed by atoms with van der Waals surface area (Å²) in [4.78, 5) is 5.03. The van der Waals surface area contributed by atoms with Crippen molar-refractivity contribution < 1.29 is 0 Å². The molecule has 0 bridgehead atoms. The van der Waals surface area contributed by atoms with Crippen molar-refractivity contribution in [2.45, 2.75) is 145 Å². The van der Waals surface area contributed by atoms with Gasteiger partial charge in [-0.05, 0) is 224 Å². The molecule has 8 aromatic rings. The van der Waals surface area contributed by atoms with E-state index in [1.54, 1.807) is 0 Å². The Morgan fingerprint density at radius 3 is 0.786 bits per heavy atom. The number of rotatable bonds is 14. The fourth-order valence-corrected chi connectivity index (χ4v) is 12.9. The molecule has 2 aliphatic rings. The van der Waals surface area contributed by atoms with Crippen molar-refractivity contribution in [1.82, 2.24) is 0 Å². The molecule has 70 heavy (non-hydrogen) atoms. The molecule has 0 saturated heterocycles. The highest BCUT2D eigenvalue weighted by molar-refractivity contribution is 6.04. The second-order valence-corrected chi connectivity index (χ2v) is 21.1. The highest BCUT2D eigenvalue weighted by Crippen LogP contribution is 2.58. The molecule has 0 unspecified atom stereocenters. The van der Waals surface area contributed by atoms with Gasteiger partial charge in [0.15, 0.2) is 0 Å². The second kappa shape index (κ2) is 18.4. The van der Waals surface area contributed by atoms with Crippen LogP contribution in [-0.4, -0.2) is 0 Å². The van der Waals surface area contributed by atoms with Crippen LogP contribution >= 0.6 is 0 Å². The van der Waals surface area contributed by atoms with E-state index in [0.29, 0.717) is 0 Å². The lowest BCUT2D eigenvalue weighted by molar-refractivity contribution is 0.661. The Bertz CT molecular complexity index is 2990. The molecule has 0 amide bonds. The van der Waals surface area contributed by atoms with Gasteiger partial charge in [-0.25, -0.2) is 0 Å². The summed E-state index contributed by atoms with van der Waals surface area (Å²) >= 11 is 0. The van der Waals surface area contributed by atoms with Gasteiger partial charge in [0.05, 0.1) is 0 Å². The summed E-state index contributed by atoms with van der Waals surface area (Å²) in [5, 5.41) is 2.74. The Morgan fingerprint density at radius 1 is 0.271 bits per heavy atom. The molecule has 0 spiro atoms. The average Bonchev–Trinajstić information content (AvgIpc) is 3.77. The largest absolute Gasteiger partial charge is 0.310 e. The third kappa shape index (κ3) is 7.51. The zero-order valence-corrected chi connectivity index (χ0v) is 44.3. The lowest BCUT2D eigenvalue weighted by Crippen LogP contribution is -2.19. The minimum absolute atomic E-state index is 0.222. The van der Waals surface area contributed by atoms with Gasteiger partial charge in [0.1, 0.15) is 0 Å². The van der Waals surface area contributed by atoms with Crippen LogP contribution in [0.3, 0.4) is 0 Å². The fourth-order valence-electron chi connectivity index (χ4n) is 12.9. The van der Waals surface area contributed by atoms with Gasteiger partial charge in [-0.1, -0.05) is 144 Å². The van der Waals surface area contributed by atoms with Crippen LogP contribution in [-0.2, 0) is 62.2 Å².